The zero-order valence-corrected chi connectivity index (χ0v) is 13.6. The number of benzene rings is 1. The molecule has 0 aliphatic heterocycles. The summed E-state index contributed by atoms with van der Waals surface area (Å²) in [6, 6.07) is 7.72. The Bertz CT molecular complexity index is 605. The van der Waals surface area contributed by atoms with Gasteiger partial charge in [0.25, 0.3) is 0 Å². The zero-order chi connectivity index (χ0) is 15.4. The first-order valence-electron chi connectivity index (χ1n) is 7.16. The molecule has 0 aliphatic rings. The van der Waals surface area contributed by atoms with Crippen LogP contribution < -0.4 is 10.6 Å². The van der Waals surface area contributed by atoms with E-state index in [0.29, 0.717) is 5.02 Å². The molecule has 2 N–H and O–H groups in total. The van der Waals surface area contributed by atoms with Crippen molar-refractivity contribution >= 4 is 28.9 Å². The number of hydrogen-bond acceptors (Lipinski definition) is 4. The van der Waals surface area contributed by atoms with Gasteiger partial charge in [0.1, 0.15) is 17.5 Å². The molecule has 0 atom stereocenters. The van der Waals surface area contributed by atoms with Gasteiger partial charge in [0.15, 0.2) is 0 Å². The van der Waals surface area contributed by atoms with E-state index in [4.69, 9.17) is 11.6 Å². The maximum absolute atomic E-state index is 6.26. The Kier molecular flexibility index (Phi) is 5.02. The highest BCUT2D eigenvalue weighted by atomic mass is 35.5. The summed E-state index contributed by atoms with van der Waals surface area (Å²) >= 11 is 6.26. The van der Waals surface area contributed by atoms with Gasteiger partial charge in [-0.25, -0.2) is 9.97 Å². The smallest absolute Gasteiger partial charge is 0.136 e. The van der Waals surface area contributed by atoms with Gasteiger partial charge in [-0.05, 0) is 25.5 Å². The van der Waals surface area contributed by atoms with Gasteiger partial charge >= 0.3 is 0 Å². The average Bonchev–Trinajstić information content (AvgIpc) is 2.43. The number of rotatable bonds is 5. The first kappa shape index (κ1) is 15.6. The number of aryl methyl sites for hydroxylation is 1. The van der Waals surface area contributed by atoms with Crippen LogP contribution in [0.5, 0.6) is 0 Å². The third-order valence-corrected chi connectivity index (χ3v) is 3.41. The Balaban J connectivity index is 2.39. The lowest BCUT2D eigenvalue weighted by Gasteiger charge is -2.14. The van der Waals surface area contributed by atoms with Crippen molar-refractivity contribution in [2.24, 2.45) is 0 Å². The Labute approximate surface area is 131 Å². The number of nitrogens with one attached hydrogen (secondary N) is 2. The molecule has 1 aromatic carbocycles. The molecule has 1 aromatic heterocycles. The summed E-state index contributed by atoms with van der Waals surface area (Å²) in [5.41, 5.74) is 1.97. The molecule has 0 fully saturated rings. The van der Waals surface area contributed by atoms with E-state index in [1.165, 1.54) is 0 Å². The van der Waals surface area contributed by atoms with Crippen LogP contribution in [0.1, 0.15) is 38.1 Å². The normalized spacial score (nSPS) is 10.8. The third-order valence-electron chi connectivity index (χ3n) is 3.09. The van der Waals surface area contributed by atoms with Gasteiger partial charge < -0.3 is 10.6 Å². The molecule has 1 heterocycles. The van der Waals surface area contributed by atoms with Crippen molar-refractivity contribution in [1.82, 2.24) is 9.97 Å². The summed E-state index contributed by atoms with van der Waals surface area (Å²) in [5.74, 6) is 2.64. The van der Waals surface area contributed by atoms with Gasteiger partial charge in [0.05, 0.1) is 10.7 Å². The Morgan fingerprint density at radius 3 is 2.52 bits per heavy atom. The molecule has 0 saturated carbocycles. The second-order valence-electron chi connectivity index (χ2n) is 5.24. The van der Waals surface area contributed by atoms with Crippen LogP contribution in [0.15, 0.2) is 24.3 Å². The molecular formula is C16H21ClN4. The molecule has 2 aromatic rings. The first-order chi connectivity index (χ1) is 10.0. The van der Waals surface area contributed by atoms with Crippen molar-refractivity contribution in [2.75, 3.05) is 17.2 Å². The molecule has 0 aliphatic carbocycles. The number of hydrogen-bond donors (Lipinski definition) is 2. The number of aromatic nitrogens is 2. The van der Waals surface area contributed by atoms with Crippen molar-refractivity contribution in [3.63, 3.8) is 0 Å². The van der Waals surface area contributed by atoms with Gasteiger partial charge in [-0.15, -0.1) is 0 Å². The maximum Gasteiger partial charge on any atom is 0.136 e. The van der Waals surface area contributed by atoms with Crippen LogP contribution in [0.3, 0.4) is 0 Å². The lowest BCUT2D eigenvalue weighted by molar-refractivity contribution is 0.777. The van der Waals surface area contributed by atoms with E-state index in [9.17, 15) is 0 Å². The summed E-state index contributed by atoms with van der Waals surface area (Å²) in [6.07, 6.45) is 0. The molecule has 2 rings (SSSR count). The van der Waals surface area contributed by atoms with Gasteiger partial charge in [-0.1, -0.05) is 37.6 Å². The van der Waals surface area contributed by atoms with Crippen LogP contribution in [0.2, 0.25) is 5.02 Å². The van der Waals surface area contributed by atoms with Crippen LogP contribution in [0.4, 0.5) is 17.3 Å². The summed E-state index contributed by atoms with van der Waals surface area (Å²) in [4.78, 5) is 9.09. The third kappa shape index (κ3) is 3.85. The molecule has 0 bridgehead atoms. The van der Waals surface area contributed by atoms with Gasteiger partial charge in [-0.3, -0.25) is 0 Å². The fraction of sp³-hybridized carbons (Fsp3) is 0.375. The Hall–Kier alpha value is -1.81. The van der Waals surface area contributed by atoms with Crippen molar-refractivity contribution in [3.05, 3.63) is 40.7 Å². The van der Waals surface area contributed by atoms with Crippen molar-refractivity contribution in [2.45, 2.75) is 33.6 Å². The minimum atomic E-state index is 0.261. The fourth-order valence-corrected chi connectivity index (χ4v) is 2.25. The molecule has 21 heavy (non-hydrogen) atoms. The Morgan fingerprint density at radius 1 is 1.19 bits per heavy atom. The molecule has 0 saturated heterocycles. The standard InChI is InChI=1S/C16H21ClN4/c1-5-18-13-9-14(21-16(20-13)10(2)3)19-15-11(4)7-6-8-12(15)17/h6-10H,5H2,1-4H3,(H2,18,19,20,21). The lowest BCUT2D eigenvalue weighted by Crippen LogP contribution is -2.07. The van der Waals surface area contributed by atoms with Crippen LogP contribution in [0.25, 0.3) is 0 Å². The van der Waals surface area contributed by atoms with Gasteiger partial charge in [-0.2, -0.15) is 0 Å². The Morgan fingerprint density at radius 2 is 1.90 bits per heavy atom. The molecule has 5 heteroatoms. The minimum Gasteiger partial charge on any atom is -0.370 e. The highest BCUT2D eigenvalue weighted by Gasteiger charge is 2.10. The number of nitrogens with zero attached hydrogens (tertiary/aromatic N) is 2. The van der Waals surface area contributed by atoms with Crippen molar-refractivity contribution in [1.29, 1.82) is 0 Å². The van der Waals surface area contributed by atoms with E-state index >= 15 is 0 Å². The molecule has 4 nitrogen and oxygen atoms in total. The lowest BCUT2D eigenvalue weighted by atomic mass is 10.2. The summed E-state index contributed by atoms with van der Waals surface area (Å²) in [7, 11) is 0. The summed E-state index contributed by atoms with van der Waals surface area (Å²) < 4.78 is 0. The quantitative estimate of drug-likeness (QED) is 0.838. The predicted molar refractivity (Wildman–Crippen MR) is 89.8 cm³/mol. The number of halogens is 1. The average molecular weight is 305 g/mol. The van der Waals surface area contributed by atoms with Gasteiger partial charge in [0.2, 0.25) is 0 Å². The summed E-state index contributed by atoms with van der Waals surface area (Å²) in [5, 5.41) is 7.23. The second kappa shape index (κ2) is 6.76. The summed E-state index contributed by atoms with van der Waals surface area (Å²) in [6.45, 7) is 9.04. The molecule has 0 spiro atoms. The number of anilines is 3. The monoisotopic (exact) mass is 304 g/mol. The SMILES string of the molecule is CCNc1cc(Nc2c(C)cccc2Cl)nc(C(C)C)n1. The topological polar surface area (TPSA) is 49.8 Å². The van der Waals surface area contributed by atoms with Crippen LogP contribution in [0, 0.1) is 6.92 Å². The van der Waals surface area contributed by atoms with E-state index in [2.05, 4.69) is 34.4 Å². The van der Waals surface area contributed by atoms with Crippen LogP contribution in [-0.4, -0.2) is 16.5 Å². The molecule has 0 amide bonds. The maximum atomic E-state index is 6.26. The van der Waals surface area contributed by atoms with Crippen molar-refractivity contribution in [3.8, 4) is 0 Å². The van der Waals surface area contributed by atoms with Crippen molar-refractivity contribution < 1.29 is 0 Å². The van der Waals surface area contributed by atoms with E-state index in [1.54, 1.807) is 0 Å². The zero-order valence-electron chi connectivity index (χ0n) is 12.9. The van der Waals surface area contributed by atoms with Crippen LogP contribution >= 0.6 is 11.6 Å². The predicted octanol–water partition coefficient (Wildman–Crippen LogP) is 4.74. The number of para-hydroxylation sites is 1. The highest BCUT2D eigenvalue weighted by molar-refractivity contribution is 6.33. The van der Waals surface area contributed by atoms with E-state index in [-0.39, 0.29) is 5.92 Å². The molecule has 112 valence electrons. The second-order valence-corrected chi connectivity index (χ2v) is 5.65. The highest BCUT2D eigenvalue weighted by Crippen LogP contribution is 2.29. The minimum absolute atomic E-state index is 0.261. The first-order valence-corrected chi connectivity index (χ1v) is 7.54. The largest absolute Gasteiger partial charge is 0.370 e. The van der Waals surface area contributed by atoms with Gasteiger partial charge in [0, 0.05) is 18.5 Å². The van der Waals surface area contributed by atoms with E-state index in [1.807, 2.05) is 38.1 Å². The molecular weight excluding hydrogens is 284 g/mol. The molecule has 0 unspecified atom stereocenters. The molecule has 0 radical (unpaired) electrons. The van der Waals surface area contributed by atoms with E-state index < -0.39 is 0 Å². The van der Waals surface area contributed by atoms with E-state index in [0.717, 1.165) is 35.3 Å². The van der Waals surface area contributed by atoms with Crippen LogP contribution in [-0.2, 0) is 0 Å². The fourth-order valence-electron chi connectivity index (χ4n) is 1.98.